The van der Waals surface area contributed by atoms with Crippen LogP contribution in [0.1, 0.15) is 43.7 Å². The molecule has 14 heavy (non-hydrogen) atoms. The predicted octanol–water partition coefficient (Wildman–Crippen LogP) is 4.58. The van der Waals surface area contributed by atoms with Gasteiger partial charge in [-0.3, -0.25) is 0 Å². The molecule has 0 spiro atoms. The zero-order chi connectivity index (χ0) is 10.6. The topological polar surface area (TPSA) is 0 Å². The van der Waals surface area contributed by atoms with Gasteiger partial charge in [-0.1, -0.05) is 51.5 Å². The molecule has 0 nitrogen and oxygen atoms in total. The number of aryl methyl sites for hydroxylation is 1. The van der Waals surface area contributed by atoms with Crippen molar-refractivity contribution in [1.29, 1.82) is 0 Å². The Bertz CT molecular complexity index is 263. The molecule has 2 unspecified atom stereocenters. The van der Waals surface area contributed by atoms with Crippen molar-refractivity contribution in [1.82, 2.24) is 0 Å². The van der Waals surface area contributed by atoms with Gasteiger partial charge in [-0.25, -0.2) is 0 Å². The van der Waals surface area contributed by atoms with Crippen LogP contribution in [0.3, 0.4) is 0 Å². The van der Waals surface area contributed by atoms with Crippen molar-refractivity contribution in [2.75, 3.05) is 0 Å². The number of rotatable bonds is 4. The van der Waals surface area contributed by atoms with Crippen molar-refractivity contribution < 1.29 is 0 Å². The largest absolute Gasteiger partial charge is 0.118 e. The van der Waals surface area contributed by atoms with Crippen molar-refractivity contribution in [3.63, 3.8) is 0 Å². The minimum atomic E-state index is 0.158. The fourth-order valence-corrected chi connectivity index (χ4v) is 1.80. The Kier molecular flexibility index (Phi) is 4.47. The highest BCUT2D eigenvalue weighted by Crippen LogP contribution is 2.30. The van der Waals surface area contributed by atoms with Crippen LogP contribution >= 0.6 is 11.6 Å². The van der Waals surface area contributed by atoms with E-state index < -0.39 is 0 Å². The normalized spacial score (nSPS) is 15.1. The first-order valence-corrected chi connectivity index (χ1v) is 5.85. The number of alkyl halides is 1. The van der Waals surface area contributed by atoms with Gasteiger partial charge < -0.3 is 0 Å². The lowest BCUT2D eigenvalue weighted by atomic mass is 9.97. The van der Waals surface area contributed by atoms with Gasteiger partial charge in [0, 0.05) is 0 Å². The number of benzene rings is 1. The molecule has 0 saturated heterocycles. The molecule has 1 rings (SSSR count). The lowest BCUT2D eigenvalue weighted by Crippen LogP contribution is -2.02. The summed E-state index contributed by atoms with van der Waals surface area (Å²) in [6.07, 6.45) is 2.22. The molecule has 0 saturated carbocycles. The second-order valence-corrected chi connectivity index (χ2v) is 4.35. The van der Waals surface area contributed by atoms with Crippen LogP contribution in [0.15, 0.2) is 24.3 Å². The van der Waals surface area contributed by atoms with Gasteiger partial charge in [0.2, 0.25) is 0 Å². The predicted molar refractivity (Wildman–Crippen MR) is 63.9 cm³/mol. The van der Waals surface area contributed by atoms with E-state index in [1.807, 2.05) is 0 Å². The van der Waals surface area contributed by atoms with Crippen molar-refractivity contribution in [3.8, 4) is 0 Å². The zero-order valence-electron chi connectivity index (χ0n) is 9.26. The lowest BCUT2D eigenvalue weighted by Gasteiger charge is -2.16. The van der Waals surface area contributed by atoms with Gasteiger partial charge in [-0.2, -0.15) is 0 Å². The van der Waals surface area contributed by atoms with Gasteiger partial charge in [0.05, 0.1) is 5.38 Å². The summed E-state index contributed by atoms with van der Waals surface area (Å²) >= 11 is 6.35. The minimum absolute atomic E-state index is 0.158. The van der Waals surface area contributed by atoms with Crippen LogP contribution in [0.2, 0.25) is 0 Å². The third-order valence-electron chi connectivity index (χ3n) is 2.85. The second kappa shape index (κ2) is 5.41. The molecule has 0 heterocycles. The molecule has 0 aromatic heterocycles. The van der Waals surface area contributed by atoms with E-state index in [1.165, 1.54) is 11.1 Å². The Morgan fingerprint density at radius 2 is 1.71 bits per heavy atom. The standard InChI is InChI=1S/C13H19Cl/c1-4-10(3)13(14)12-8-6-11(5-2)7-9-12/h6-10,13H,4-5H2,1-3H3. The van der Waals surface area contributed by atoms with E-state index in [1.54, 1.807) is 0 Å². The first-order chi connectivity index (χ1) is 6.69. The summed E-state index contributed by atoms with van der Waals surface area (Å²) < 4.78 is 0. The van der Waals surface area contributed by atoms with Crippen molar-refractivity contribution in [2.24, 2.45) is 5.92 Å². The van der Waals surface area contributed by atoms with E-state index in [-0.39, 0.29) is 5.38 Å². The van der Waals surface area contributed by atoms with Crippen LogP contribution in [-0.2, 0) is 6.42 Å². The van der Waals surface area contributed by atoms with Gasteiger partial charge in [0.25, 0.3) is 0 Å². The monoisotopic (exact) mass is 210 g/mol. The average Bonchev–Trinajstić information content (AvgIpc) is 2.27. The molecule has 0 aliphatic heterocycles. The molecular formula is C13H19Cl. The first kappa shape index (κ1) is 11.6. The number of halogens is 1. The second-order valence-electron chi connectivity index (χ2n) is 3.88. The Hall–Kier alpha value is -0.490. The maximum atomic E-state index is 6.35. The maximum Gasteiger partial charge on any atom is 0.0610 e. The van der Waals surface area contributed by atoms with E-state index in [0.717, 1.165) is 12.8 Å². The zero-order valence-corrected chi connectivity index (χ0v) is 10.0. The Morgan fingerprint density at radius 1 is 1.14 bits per heavy atom. The molecule has 0 radical (unpaired) electrons. The van der Waals surface area contributed by atoms with Crippen LogP contribution in [0, 0.1) is 5.92 Å². The third kappa shape index (κ3) is 2.75. The van der Waals surface area contributed by atoms with Crippen LogP contribution in [0.4, 0.5) is 0 Å². The highest BCUT2D eigenvalue weighted by Gasteiger charge is 2.14. The summed E-state index contributed by atoms with van der Waals surface area (Å²) in [5.41, 5.74) is 2.62. The molecule has 0 N–H and O–H groups in total. The third-order valence-corrected chi connectivity index (χ3v) is 3.53. The Morgan fingerprint density at radius 3 is 2.14 bits per heavy atom. The molecule has 0 amide bonds. The van der Waals surface area contributed by atoms with Gasteiger partial charge in [-0.05, 0) is 23.5 Å². The molecule has 0 fully saturated rings. The number of hydrogen-bond acceptors (Lipinski definition) is 0. The summed E-state index contributed by atoms with van der Waals surface area (Å²) in [5, 5.41) is 0.158. The summed E-state index contributed by atoms with van der Waals surface area (Å²) in [6.45, 7) is 6.55. The molecule has 78 valence electrons. The lowest BCUT2D eigenvalue weighted by molar-refractivity contribution is 0.542. The minimum Gasteiger partial charge on any atom is -0.118 e. The molecule has 1 heteroatoms. The molecule has 1 aromatic carbocycles. The van der Waals surface area contributed by atoms with Gasteiger partial charge in [0.15, 0.2) is 0 Å². The van der Waals surface area contributed by atoms with E-state index in [9.17, 15) is 0 Å². The van der Waals surface area contributed by atoms with Crippen LogP contribution in [0.5, 0.6) is 0 Å². The smallest absolute Gasteiger partial charge is 0.0610 e. The number of hydrogen-bond donors (Lipinski definition) is 0. The molecule has 2 atom stereocenters. The average molecular weight is 211 g/mol. The highest BCUT2D eigenvalue weighted by molar-refractivity contribution is 6.20. The quantitative estimate of drug-likeness (QED) is 0.639. The Balaban J connectivity index is 2.75. The molecular weight excluding hydrogens is 192 g/mol. The summed E-state index contributed by atoms with van der Waals surface area (Å²) in [7, 11) is 0. The van der Waals surface area contributed by atoms with Gasteiger partial charge in [0.1, 0.15) is 0 Å². The van der Waals surface area contributed by atoms with Crippen LogP contribution < -0.4 is 0 Å². The fraction of sp³-hybridized carbons (Fsp3) is 0.538. The molecule has 0 bridgehead atoms. The van der Waals surface area contributed by atoms with Crippen LogP contribution in [-0.4, -0.2) is 0 Å². The summed E-state index contributed by atoms with van der Waals surface area (Å²) in [4.78, 5) is 0. The molecule has 1 aromatic rings. The van der Waals surface area contributed by atoms with E-state index in [4.69, 9.17) is 11.6 Å². The van der Waals surface area contributed by atoms with Gasteiger partial charge in [-0.15, -0.1) is 11.6 Å². The van der Waals surface area contributed by atoms with Crippen LogP contribution in [0.25, 0.3) is 0 Å². The molecule has 0 aliphatic rings. The molecule has 0 aliphatic carbocycles. The van der Waals surface area contributed by atoms with Crippen molar-refractivity contribution in [3.05, 3.63) is 35.4 Å². The summed E-state index contributed by atoms with van der Waals surface area (Å²) in [5.74, 6) is 0.546. The maximum absolute atomic E-state index is 6.35. The summed E-state index contributed by atoms with van der Waals surface area (Å²) in [6, 6.07) is 8.66. The van der Waals surface area contributed by atoms with Crippen molar-refractivity contribution in [2.45, 2.75) is 39.0 Å². The fourth-order valence-electron chi connectivity index (χ4n) is 1.47. The van der Waals surface area contributed by atoms with E-state index in [2.05, 4.69) is 45.0 Å². The van der Waals surface area contributed by atoms with Gasteiger partial charge >= 0.3 is 0 Å². The highest BCUT2D eigenvalue weighted by atomic mass is 35.5. The first-order valence-electron chi connectivity index (χ1n) is 5.41. The SMILES string of the molecule is CCc1ccc(C(Cl)C(C)CC)cc1. The van der Waals surface area contributed by atoms with E-state index in [0.29, 0.717) is 5.92 Å². The van der Waals surface area contributed by atoms with E-state index >= 15 is 0 Å². The van der Waals surface area contributed by atoms with Crippen molar-refractivity contribution >= 4 is 11.6 Å². The Labute approximate surface area is 92.3 Å².